The number of benzene rings is 2. The molecule has 142 valence electrons. The summed E-state index contributed by atoms with van der Waals surface area (Å²) in [6, 6.07) is 13.9. The highest BCUT2D eigenvalue weighted by molar-refractivity contribution is 7.90. The van der Waals surface area contributed by atoms with E-state index in [4.69, 9.17) is 0 Å². The van der Waals surface area contributed by atoms with E-state index in [0.29, 0.717) is 16.3 Å². The van der Waals surface area contributed by atoms with Crippen LogP contribution in [0.3, 0.4) is 0 Å². The summed E-state index contributed by atoms with van der Waals surface area (Å²) in [6.07, 6.45) is 1.86. The van der Waals surface area contributed by atoms with E-state index in [9.17, 15) is 12.8 Å². The van der Waals surface area contributed by atoms with Crippen molar-refractivity contribution in [3.63, 3.8) is 0 Å². The Kier molecular flexibility index (Phi) is 4.74. The fourth-order valence-electron chi connectivity index (χ4n) is 3.83. The van der Waals surface area contributed by atoms with Crippen LogP contribution in [0.15, 0.2) is 57.8 Å². The van der Waals surface area contributed by atoms with E-state index in [-0.39, 0.29) is 11.9 Å². The molecule has 0 unspecified atom stereocenters. The highest BCUT2D eigenvalue weighted by Crippen LogP contribution is 2.29. The van der Waals surface area contributed by atoms with E-state index < -0.39 is 10.0 Å². The summed E-state index contributed by atoms with van der Waals surface area (Å²) in [6.45, 7) is 2.62. The lowest BCUT2D eigenvalue weighted by atomic mass is 10.0. The van der Waals surface area contributed by atoms with Crippen molar-refractivity contribution >= 4 is 15.9 Å². The number of hydrogen-bond acceptors (Lipinski definition) is 4. The Bertz CT molecular complexity index is 965. The molecule has 2 aromatic carbocycles. The zero-order valence-corrected chi connectivity index (χ0v) is 16.0. The van der Waals surface area contributed by atoms with Gasteiger partial charge in [-0.15, -0.1) is 4.40 Å². The monoisotopic (exact) mass is 387 g/mol. The van der Waals surface area contributed by atoms with Gasteiger partial charge in [0.15, 0.2) is 5.84 Å². The zero-order valence-electron chi connectivity index (χ0n) is 15.2. The maximum Gasteiger partial charge on any atom is 0.285 e. The van der Waals surface area contributed by atoms with Crippen LogP contribution < -0.4 is 0 Å². The number of piperidine rings is 1. The van der Waals surface area contributed by atoms with Crippen LogP contribution in [0.2, 0.25) is 0 Å². The maximum absolute atomic E-state index is 13.0. The molecule has 0 aromatic heterocycles. The van der Waals surface area contributed by atoms with E-state index in [1.54, 1.807) is 12.1 Å². The maximum atomic E-state index is 13.0. The number of fused-ring (bicyclic) bond motifs is 1. The molecule has 4 rings (SSSR count). The van der Waals surface area contributed by atoms with E-state index in [1.807, 2.05) is 36.2 Å². The number of nitrogens with zero attached hydrogens (tertiary/aromatic N) is 3. The average molecular weight is 387 g/mol. The van der Waals surface area contributed by atoms with Crippen molar-refractivity contribution in [3.8, 4) is 0 Å². The fourth-order valence-corrected chi connectivity index (χ4v) is 5.07. The van der Waals surface area contributed by atoms with Crippen molar-refractivity contribution < 1.29 is 12.8 Å². The third-order valence-electron chi connectivity index (χ3n) is 5.37. The Morgan fingerprint density at radius 1 is 1.11 bits per heavy atom. The minimum atomic E-state index is -3.59. The van der Waals surface area contributed by atoms with Gasteiger partial charge in [-0.25, -0.2) is 4.39 Å². The Morgan fingerprint density at radius 3 is 2.48 bits per heavy atom. The largest absolute Gasteiger partial charge is 0.355 e. The number of likely N-dealkylation sites (tertiary alicyclic amines) is 1. The summed E-state index contributed by atoms with van der Waals surface area (Å²) in [5.74, 6) is 0.328. The standard InChI is InChI=1S/C20H22FN3O2S/c1-23(20-18-4-2-3-5-19(18)27(25,26)22-20)17-10-12-24(13-11-17)14-15-6-8-16(21)9-7-15/h2-9,17H,10-14H2,1H3. The molecule has 2 aliphatic heterocycles. The SMILES string of the molecule is CN(C1=NS(=O)(=O)c2ccccc21)C1CCN(Cc2ccc(F)cc2)CC1. The quantitative estimate of drug-likeness (QED) is 0.813. The molecule has 0 bridgehead atoms. The van der Waals surface area contributed by atoms with Crippen molar-refractivity contribution in [1.82, 2.24) is 9.80 Å². The predicted octanol–water partition coefficient (Wildman–Crippen LogP) is 2.87. The molecule has 5 nitrogen and oxygen atoms in total. The van der Waals surface area contributed by atoms with Gasteiger partial charge < -0.3 is 4.90 Å². The molecule has 0 N–H and O–H groups in total. The number of sulfonamides is 1. The summed E-state index contributed by atoms with van der Waals surface area (Å²) < 4.78 is 41.6. The van der Waals surface area contributed by atoms with E-state index >= 15 is 0 Å². The van der Waals surface area contributed by atoms with Crippen molar-refractivity contribution in [3.05, 3.63) is 65.5 Å². The molecule has 0 aliphatic carbocycles. The first kappa shape index (κ1) is 18.1. The Morgan fingerprint density at radius 2 is 1.78 bits per heavy atom. The van der Waals surface area contributed by atoms with E-state index in [0.717, 1.165) is 38.0 Å². The van der Waals surface area contributed by atoms with Gasteiger partial charge in [0.2, 0.25) is 0 Å². The predicted molar refractivity (Wildman–Crippen MR) is 103 cm³/mol. The summed E-state index contributed by atoms with van der Waals surface area (Å²) in [5.41, 5.74) is 1.79. The van der Waals surface area contributed by atoms with Gasteiger partial charge in [-0.1, -0.05) is 24.3 Å². The zero-order chi connectivity index (χ0) is 19.0. The van der Waals surface area contributed by atoms with Gasteiger partial charge >= 0.3 is 0 Å². The molecule has 2 aromatic rings. The lowest BCUT2D eigenvalue weighted by Crippen LogP contribution is -2.45. The molecular weight excluding hydrogens is 365 g/mol. The fraction of sp³-hybridized carbons (Fsp3) is 0.350. The van der Waals surface area contributed by atoms with Crippen molar-refractivity contribution in [2.75, 3.05) is 20.1 Å². The topological polar surface area (TPSA) is 53.0 Å². The van der Waals surface area contributed by atoms with Gasteiger partial charge in [-0.05, 0) is 42.7 Å². The minimum absolute atomic E-state index is 0.216. The highest BCUT2D eigenvalue weighted by Gasteiger charge is 2.33. The summed E-state index contributed by atoms with van der Waals surface area (Å²) >= 11 is 0. The molecule has 0 amide bonds. The Hall–Kier alpha value is -2.25. The third kappa shape index (κ3) is 3.61. The van der Waals surface area contributed by atoms with Gasteiger partial charge in [-0.2, -0.15) is 8.42 Å². The number of rotatable bonds is 3. The Labute approximate surface area is 159 Å². The van der Waals surface area contributed by atoms with Crippen LogP contribution in [-0.4, -0.2) is 50.2 Å². The molecule has 0 radical (unpaired) electrons. The first-order valence-corrected chi connectivity index (χ1v) is 10.5. The highest BCUT2D eigenvalue weighted by atomic mass is 32.2. The molecule has 7 heteroatoms. The molecule has 0 atom stereocenters. The second kappa shape index (κ2) is 7.05. The van der Waals surface area contributed by atoms with Gasteiger partial charge in [0.1, 0.15) is 10.7 Å². The molecule has 0 saturated carbocycles. The number of amidine groups is 1. The molecule has 1 fully saturated rings. The van der Waals surface area contributed by atoms with Crippen LogP contribution in [0.25, 0.3) is 0 Å². The first-order chi connectivity index (χ1) is 12.9. The van der Waals surface area contributed by atoms with Crippen LogP contribution in [0.5, 0.6) is 0 Å². The summed E-state index contributed by atoms with van der Waals surface area (Å²) in [5, 5.41) is 0. The van der Waals surface area contributed by atoms with Gasteiger partial charge in [-0.3, -0.25) is 4.90 Å². The van der Waals surface area contributed by atoms with Crippen LogP contribution >= 0.6 is 0 Å². The smallest absolute Gasteiger partial charge is 0.285 e. The average Bonchev–Trinajstić information content (AvgIpc) is 2.95. The summed E-state index contributed by atoms with van der Waals surface area (Å²) in [4.78, 5) is 4.65. The lowest BCUT2D eigenvalue weighted by molar-refractivity contribution is 0.160. The van der Waals surface area contributed by atoms with Gasteiger partial charge in [0, 0.05) is 38.3 Å². The second-order valence-electron chi connectivity index (χ2n) is 7.13. The molecule has 2 aliphatic rings. The van der Waals surface area contributed by atoms with Crippen molar-refractivity contribution in [2.24, 2.45) is 4.40 Å². The van der Waals surface area contributed by atoms with E-state index in [2.05, 4.69) is 9.30 Å². The van der Waals surface area contributed by atoms with Gasteiger partial charge in [0.25, 0.3) is 10.0 Å². The molecule has 2 heterocycles. The minimum Gasteiger partial charge on any atom is -0.355 e. The molecule has 1 saturated heterocycles. The third-order valence-corrected chi connectivity index (χ3v) is 6.70. The Balaban J connectivity index is 1.42. The number of halogens is 1. The van der Waals surface area contributed by atoms with Crippen molar-refractivity contribution in [1.29, 1.82) is 0 Å². The van der Waals surface area contributed by atoms with Crippen LogP contribution in [-0.2, 0) is 16.6 Å². The molecule has 0 spiro atoms. The summed E-state index contributed by atoms with van der Waals surface area (Å²) in [7, 11) is -1.66. The normalized spacial score (nSPS) is 19.6. The number of hydrogen-bond donors (Lipinski definition) is 0. The van der Waals surface area contributed by atoms with Gasteiger partial charge in [0.05, 0.1) is 0 Å². The second-order valence-corrected chi connectivity index (χ2v) is 8.70. The van der Waals surface area contributed by atoms with Crippen LogP contribution in [0, 0.1) is 5.82 Å². The molecular formula is C20H22FN3O2S. The van der Waals surface area contributed by atoms with E-state index in [1.165, 1.54) is 12.1 Å². The molecule has 27 heavy (non-hydrogen) atoms. The lowest BCUT2D eigenvalue weighted by Gasteiger charge is -2.37. The van der Waals surface area contributed by atoms with Crippen molar-refractivity contribution in [2.45, 2.75) is 30.3 Å². The van der Waals surface area contributed by atoms with Crippen LogP contribution in [0.1, 0.15) is 24.0 Å². The van der Waals surface area contributed by atoms with Crippen LogP contribution in [0.4, 0.5) is 4.39 Å². The first-order valence-electron chi connectivity index (χ1n) is 9.08.